The van der Waals surface area contributed by atoms with Gasteiger partial charge in [-0.15, -0.1) is 0 Å². The normalized spacial score (nSPS) is 13.9. The van der Waals surface area contributed by atoms with Crippen molar-refractivity contribution in [3.05, 3.63) is 108 Å². The van der Waals surface area contributed by atoms with Crippen molar-refractivity contribution in [2.75, 3.05) is 0 Å². The van der Waals surface area contributed by atoms with E-state index in [1.54, 1.807) is 0 Å². The van der Waals surface area contributed by atoms with Gasteiger partial charge in [0, 0.05) is 0 Å². The molecule has 0 heterocycles. The molecule has 4 aromatic rings. The van der Waals surface area contributed by atoms with Crippen LogP contribution in [0.5, 0.6) is 0 Å². The Labute approximate surface area is 221 Å². The van der Waals surface area contributed by atoms with Crippen molar-refractivity contribution in [1.82, 2.24) is 0 Å². The molecule has 0 nitrogen and oxygen atoms in total. The van der Waals surface area contributed by atoms with E-state index in [-0.39, 0.29) is 10.3 Å². The van der Waals surface area contributed by atoms with E-state index in [1.807, 2.05) is 0 Å². The van der Waals surface area contributed by atoms with Crippen LogP contribution in [0.3, 0.4) is 0 Å². The molecule has 0 spiro atoms. The summed E-state index contributed by atoms with van der Waals surface area (Å²) in [4.78, 5) is 0. The average molecular weight is 511 g/mol. The Morgan fingerprint density at radius 3 is 1.06 bits per heavy atom. The largest absolute Gasteiger partial charge is 0.0622 e. The Hall–Kier alpha value is -2.26. The van der Waals surface area contributed by atoms with Gasteiger partial charge in [0.05, 0.1) is 0 Å². The van der Waals surface area contributed by atoms with Crippen molar-refractivity contribution in [1.29, 1.82) is 0 Å². The van der Waals surface area contributed by atoms with Crippen molar-refractivity contribution < 1.29 is 0 Å². The number of aryl methyl sites for hydroxylation is 2. The summed E-state index contributed by atoms with van der Waals surface area (Å²) in [6.07, 6.45) is 0. The smallest absolute Gasteiger partial charge is 0.00649 e. The Kier molecular flexibility index (Phi) is 7.90. The van der Waals surface area contributed by atoms with E-state index in [0.717, 1.165) is 0 Å². The van der Waals surface area contributed by atoms with E-state index in [9.17, 15) is 0 Å². The Bertz CT molecular complexity index is 1200. The maximum atomic E-state index is 2.41. The van der Waals surface area contributed by atoms with Gasteiger partial charge in [-0.05, 0) is 83.5 Å². The van der Waals surface area contributed by atoms with Crippen LogP contribution in [0.1, 0.15) is 52.7 Å². The van der Waals surface area contributed by atoms with Gasteiger partial charge in [0.25, 0.3) is 0 Å². The van der Waals surface area contributed by atoms with Crippen LogP contribution in [-0.2, 0) is 0 Å². The fourth-order valence-corrected chi connectivity index (χ4v) is 11.2. The molecule has 4 aromatic carbocycles. The summed E-state index contributed by atoms with van der Waals surface area (Å²) in [5.74, 6) is 0. The summed E-state index contributed by atoms with van der Waals surface area (Å²) in [6.45, 7) is 19.0. The molecule has 2 heteroatoms. The zero-order valence-corrected chi connectivity index (χ0v) is 24.9. The van der Waals surface area contributed by atoms with E-state index < -0.39 is 15.8 Å². The van der Waals surface area contributed by atoms with Gasteiger partial charge < -0.3 is 0 Å². The minimum atomic E-state index is -0.572. The van der Waals surface area contributed by atoms with E-state index in [0.29, 0.717) is 0 Å². The minimum absolute atomic E-state index is 0.135. The van der Waals surface area contributed by atoms with Gasteiger partial charge in [-0.1, -0.05) is 139 Å². The molecule has 0 amide bonds. The van der Waals surface area contributed by atoms with Gasteiger partial charge >= 0.3 is 0 Å². The van der Waals surface area contributed by atoms with Crippen LogP contribution in [0.25, 0.3) is 11.1 Å². The molecule has 2 unspecified atom stereocenters. The molecular formula is C34H40P2. The van der Waals surface area contributed by atoms with Crippen LogP contribution in [0.4, 0.5) is 0 Å². The lowest BCUT2D eigenvalue weighted by molar-refractivity contribution is 0.792. The van der Waals surface area contributed by atoms with Crippen molar-refractivity contribution in [3.8, 4) is 11.1 Å². The first-order valence-corrected chi connectivity index (χ1v) is 15.6. The molecule has 186 valence electrons. The van der Waals surface area contributed by atoms with Crippen LogP contribution < -0.4 is 21.2 Å². The van der Waals surface area contributed by atoms with Gasteiger partial charge in [-0.3, -0.25) is 0 Å². The second-order valence-electron chi connectivity index (χ2n) is 11.6. The molecule has 0 fully saturated rings. The van der Waals surface area contributed by atoms with E-state index in [4.69, 9.17) is 0 Å². The molecule has 36 heavy (non-hydrogen) atoms. The molecule has 0 N–H and O–H groups in total. The van der Waals surface area contributed by atoms with Crippen LogP contribution >= 0.6 is 15.8 Å². The molecule has 4 rings (SSSR count). The number of hydrogen-bond donors (Lipinski definition) is 0. The van der Waals surface area contributed by atoms with Crippen molar-refractivity contribution in [3.63, 3.8) is 0 Å². The van der Waals surface area contributed by atoms with Gasteiger partial charge in [0.2, 0.25) is 0 Å². The van der Waals surface area contributed by atoms with Gasteiger partial charge in [-0.25, -0.2) is 0 Å². The highest BCUT2D eigenvalue weighted by atomic mass is 31.1. The highest BCUT2D eigenvalue weighted by Gasteiger charge is 2.34. The van der Waals surface area contributed by atoms with E-state index >= 15 is 0 Å². The standard InChI is InChI=1S/C34H40P2/c1-25-17-15-23-29(35(33(3,4)5)27-19-11-9-12-20-27)31(25)32-26(2)18-16-24-30(32)36(34(6,7)8)28-21-13-10-14-22-28/h9-24H,1-8H3. The highest BCUT2D eigenvalue weighted by Crippen LogP contribution is 2.53. The third kappa shape index (κ3) is 5.52. The molecule has 0 bridgehead atoms. The molecule has 0 aromatic heterocycles. The lowest BCUT2D eigenvalue weighted by atomic mass is 9.96. The minimum Gasteiger partial charge on any atom is -0.0622 e. The summed E-state index contributed by atoms with van der Waals surface area (Å²) in [5.41, 5.74) is 5.63. The summed E-state index contributed by atoms with van der Waals surface area (Å²) < 4.78 is 0. The monoisotopic (exact) mass is 510 g/mol. The van der Waals surface area contributed by atoms with Crippen LogP contribution in [0, 0.1) is 13.8 Å². The first-order chi connectivity index (χ1) is 17.0. The zero-order chi connectivity index (χ0) is 26.1. The molecular weight excluding hydrogens is 470 g/mol. The quantitative estimate of drug-likeness (QED) is 0.236. The first-order valence-electron chi connectivity index (χ1n) is 12.9. The third-order valence-corrected chi connectivity index (χ3v) is 12.6. The number of rotatable bonds is 5. The predicted molar refractivity (Wildman–Crippen MR) is 166 cm³/mol. The molecule has 0 aliphatic carbocycles. The first kappa shape index (κ1) is 26.8. The molecule has 0 radical (unpaired) electrons. The zero-order valence-electron chi connectivity index (χ0n) is 23.1. The van der Waals surface area contributed by atoms with Crippen molar-refractivity contribution >= 4 is 37.1 Å². The topological polar surface area (TPSA) is 0 Å². The van der Waals surface area contributed by atoms with Gasteiger partial charge in [0.1, 0.15) is 0 Å². The van der Waals surface area contributed by atoms with Crippen LogP contribution in [0.15, 0.2) is 97.1 Å². The van der Waals surface area contributed by atoms with Crippen LogP contribution in [-0.4, -0.2) is 10.3 Å². The number of hydrogen-bond acceptors (Lipinski definition) is 0. The van der Waals surface area contributed by atoms with Gasteiger partial charge in [0.15, 0.2) is 0 Å². The van der Waals surface area contributed by atoms with Crippen LogP contribution in [0.2, 0.25) is 0 Å². The fourth-order valence-electron chi connectivity index (χ4n) is 5.26. The predicted octanol–water partition coefficient (Wildman–Crippen LogP) is 8.43. The Morgan fingerprint density at radius 2 is 0.750 bits per heavy atom. The SMILES string of the molecule is Cc1cccc(P(c2ccccc2)C(C)(C)C)c1-c1c(C)cccc1P(c1ccccc1)C(C)(C)C. The highest BCUT2D eigenvalue weighted by molar-refractivity contribution is 7.75. The molecule has 0 aliphatic rings. The summed E-state index contributed by atoms with van der Waals surface area (Å²) in [5, 5.41) is 6.16. The second kappa shape index (κ2) is 10.6. The maximum Gasteiger partial charge on any atom is -0.00649 e. The Balaban J connectivity index is 2.06. The fraction of sp³-hybridized carbons (Fsp3) is 0.294. The van der Waals surface area contributed by atoms with Crippen molar-refractivity contribution in [2.24, 2.45) is 0 Å². The summed E-state index contributed by atoms with van der Waals surface area (Å²) in [6, 6.07) is 36.3. The third-order valence-electron chi connectivity index (χ3n) is 6.60. The molecule has 0 saturated carbocycles. The summed E-state index contributed by atoms with van der Waals surface area (Å²) in [7, 11) is -1.14. The summed E-state index contributed by atoms with van der Waals surface area (Å²) >= 11 is 0. The maximum absolute atomic E-state index is 2.41. The molecule has 2 atom stereocenters. The Morgan fingerprint density at radius 1 is 0.417 bits per heavy atom. The molecule has 0 aliphatic heterocycles. The second-order valence-corrected chi connectivity index (χ2v) is 17.6. The van der Waals surface area contributed by atoms with Crippen molar-refractivity contribution in [2.45, 2.75) is 65.7 Å². The average Bonchev–Trinajstić information content (AvgIpc) is 2.80. The molecule has 0 saturated heterocycles. The van der Waals surface area contributed by atoms with Gasteiger partial charge in [-0.2, -0.15) is 0 Å². The number of benzene rings is 4. The van der Waals surface area contributed by atoms with E-state index in [2.05, 4.69) is 152 Å². The van der Waals surface area contributed by atoms with E-state index in [1.165, 1.54) is 43.5 Å². The lowest BCUT2D eigenvalue weighted by Crippen LogP contribution is -2.31. The lowest BCUT2D eigenvalue weighted by Gasteiger charge is -2.37.